The van der Waals surface area contributed by atoms with Crippen molar-refractivity contribution in [3.05, 3.63) is 48.5 Å². The highest BCUT2D eigenvalue weighted by Crippen LogP contribution is 2.25. The molecule has 0 atom stereocenters. The molecule has 0 radical (unpaired) electrons. The Balaban J connectivity index is 1.62. The number of aryl methyl sites for hydroxylation is 1. The second-order valence-corrected chi connectivity index (χ2v) is 7.76. The number of ether oxygens (including phenoxy) is 2. The van der Waals surface area contributed by atoms with Crippen LogP contribution in [-0.2, 0) is 16.5 Å². The van der Waals surface area contributed by atoms with Crippen LogP contribution < -0.4 is 4.90 Å². The first-order valence-corrected chi connectivity index (χ1v) is 9.33. The van der Waals surface area contributed by atoms with Gasteiger partial charge in [0.25, 0.3) is 0 Å². The minimum atomic E-state index is -0.641. The van der Waals surface area contributed by atoms with E-state index in [0.29, 0.717) is 6.54 Å². The largest absolute Gasteiger partial charge is 0.508 e. The molecule has 3 aromatic rings. The van der Waals surface area contributed by atoms with E-state index in [9.17, 15) is 4.79 Å². The highest BCUT2D eigenvalue weighted by molar-refractivity contribution is 5.80. The summed E-state index contributed by atoms with van der Waals surface area (Å²) in [4.78, 5) is 18.4. The number of fused-ring (bicyclic) bond motifs is 1. The van der Waals surface area contributed by atoms with Gasteiger partial charge in [0.2, 0.25) is 0 Å². The molecule has 0 spiro atoms. The first-order chi connectivity index (χ1) is 13.2. The van der Waals surface area contributed by atoms with Gasteiger partial charge in [-0.1, -0.05) is 12.1 Å². The van der Waals surface area contributed by atoms with Gasteiger partial charge in [-0.15, -0.1) is 0 Å². The maximum atomic E-state index is 11.6. The summed E-state index contributed by atoms with van der Waals surface area (Å²) in [7, 11) is 3.99. The fourth-order valence-corrected chi connectivity index (χ4v) is 2.94. The minimum absolute atomic E-state index is 0.262. The van der Waals surface area contributed by atoms with E-state index >= 15 is 0 Å². The first-order valence-electron chi connectivity index (χ1n) is 9.33. The number of rotatable bonds is 5. The Morgan fingerprint density at radius 1 is 1.11 bits per heavy atom. The minimum Gasteiger partial charge on any atom is -0.432 e. The molecule has 3 rings (SSSR count). The Morgan fingerprint density at radius 3 is 2.43 bits per heavy atom. The van der Waals surface area contributed by atoms with Gasteiger partial charge >= 0.3 is 6.16 Å². The number of carbonyl (C=O) groups is 1. The van der Waals surface area contributed by atoms with E-state index in [0.717, 1.165) is 28.1 Å². The van der Waals surface area contributed by atoms with Gasteiger partial charge in [0, 0.05) is 25.3 Å². The van der Waals surface area contributed by atoms with Crippen LogP contribution in [0.2, 0.25) is 0 Å². The number of anilines is 1. The fourth-order valence-electron chi connectivity index (χ4n) is 2.94. The molecule has 6 heteroatoms. The number of nitrogens with zero attached hydrogens (tertiary/aromatic N) is 3. The van der Waals surface area contributed by atoms with Crippen LogP contribution in [0.5, 0.6) is 0 Å². The molecule has 0 fully saturated rings. The van der Waals surface area contributed by atoms with Crippen molar-refractivity contribution in [2.75, 3.05) is 25.1 Å². The predicted molar refractivity (Wildman–Crippen MR) is 112 cm³/mol. The molecule has 0 saturated carbocycles. The summed E-state index contributed by atoms with van der Waals surface area (Å²) < 4.78 is 12.4. The summed E-state index contributed by atoms with van der Waals surface area (Å²) >= 11 is 0. The third-order valence-corrected chi connectivity index (χ3v) is 4.39. The smallest absolute Gasteiger partial charge is 0.432 e. The highest BCUT2D eigenvalue weighted by atomic mass is 16.7. The van der Waals surface area contributed by atoms with Crippen LogP contribution in [0.15, 0.2) is 48.5 Å². The lowest BCUT2D eigenvalue weighted by Gasteiger charge is -2.21. The number of hydrogen-bond donors (Lipinski definition) is 0. The Bertz CT molecular complexity index is 955. The molecule has 0 saturated heterocycles. The second-order valence-electron chi connectivity index (χ2n) is 7.76. The lowest BCUT2D eigenvalue weighted by Crippen LogP contribution is -2.28. The number of likely N-dealkylation sites (N-methyl/N-ethyl adjacent to an activating group) is 1. The average molecular weight is 381 g/mol. The molecule has 0 N–H and O–H groups in total. The molecule has 148 valence electrons. The average Bonchev–Trinajstić information content (AvgIpc) is 2.97. The Morgan fingerprint density at radius 2 is 1.79 bits per heavy atom. The molecular formula is C22H27N3O3. The SMILES string of the molecule is CN(CCOC(=O)OC(C)(C)C)c1ccc(-c2nc3ccccc3n2C)cc1. The van der Waals surface area contributed by atoms with Crippen LogP contribution in [-0.4, -0.2) is 41.5 Å². The van der Waals surface area contributed by atoms with Crippen molar-refractivity contribution in [2.24, 2.45) is 7.05 Å². The molecule has 0 unspecified atom stereocenters. The van der Waals surface area contributed by atoms with Gasteiger partial charge in [0.15, 0.2) is 0 Å². The number of hydrogen-bond acceptors (Lipinski definition) is 5. The number of benzene rings is 2. The topological polar surface area (TPSA) is 56.6 Å². The Hall–Kier alpha value is -3.02. The number of imidazole rings is 1. The molecule has 0 aliphatic carbocycles. The lowest BCUT2D eigenvalue weighted by atomic mass is 10.2. The summed E-state index contributed by atoms with van der Waals surface area (Å²) in [5.41, 5.74) is 3.64. The summed E-state index contributed by atoms with van der Waals surface area (Å²) in [5.74, 6) is 0.934. The van der Waals surface area contributed by atoms with Gasteiger partial charge in [-0.3, -0.25) is 0 Å². The third kappa shape index (κ3) is 4.63. The van der Waals surface area contributed by atoms with E-state index < -0.39 is 11.8 Å². The van der Waals surface area contributed by atoms with Crippen molar-refractivity contribution in [1.29, 1.82) is 0 Å². The van der Waals surface area contributed by atoms with Crippen LogP contribution in [0, 0.1) is 0 Å². The normalized spacial score (nSPS) is 11.5. The summed E-state index contributed by atoms with van der Waals surface area (Å²) in [6.45, 7) is 6.27. The van der Waals surface area contributed by atoms with Crippen LogP contribution in [0.1, 0.15) is 20.8 Å². The molecule has 0 aliphatic heterocycles. The monoisotopic (exact) mass is 381 g/mol. The van der Waals surface area contributed by atoms with E-state index in [1.54, 1.807) is 0 Å². The van der Waals surface area contributed by atoms with Crippen molar-refractivity contribution in [1.82, 2.24) is 9.55 Å². The molecule has 28 heavy (non-hydrogen) atoms. The molecular weight excluding hydrogens is 354 g/mol. The van der Waals surface area contributed by atoms with Crippen molar-refractivity contribution < 1.29 is 14.3 Å². The van der Waals surface area contributed by atoms with E-state index in [4.69, 9.17) is 14.5 Å². The Labute approximate surface area is 165 Å². The van der Waals surface area contributed by atoms with Gasteiger partial charge in [-0.25, -0.2) is 9.78 Å². The summed E-state index contributed by atoms with van der Waals surface area (Å²) in [5, 5.41) is 0. The number of carbonyl (C=O) groups excluding carboxylic acids is 1. The van der Waals surface area contributed by atoms with E-state index in [1.165, 1.54) is 0 Å². The Kier molecular flexibility index (Phi) is 5.58. The quantitative estimate of drug-likeness (QED) is 0.603. The van der Waals surface area contributed by atoms with Crippen molar-refractivity contribution in [2.45, 2.75) is 26.4 Å². The second kappa shape index (κ2) is 7.92. The van der Waals surface area contributed by atoms with E-state index in [-0.39, 0.29) is 6.61 Å². The van der Waals surface area contributed by atoms with Gasteiger partial charge in [-0.05, 0) is 57.2 Å². The standard InChI is InChI=1S/C22H27N3O3/c1-22(2,3)28-21(26)27-15-14-24(4)17-12-10-16(11-13-17)20-23-18-8-6-7-9-19(18)25(20)5/h6-13H,14-15H2,1-5H3. The maximum absolute atomic E-state index is 11.6. The fraction of sp³-hybridized carbons (Fsp3) is 0.364. The molecule has 0 amide bonds. The molecule has 1 aromatic heterocycles. The zero-order chi connectivity index (χ0) is 20.3. The predicted octanol–water partition coefficient (Wildman–Crippen LogP) is 4.63. The molecule has 0 aliphatic rings. The van der Waals surface area contributed by atoms with Gasteiger partial charge in [0.1, 0.15) is 18.0 Å². The van der Waals surface area contributed by atoms with Gasteiger partial charge < -0.3 is 18.9 Å². The summed E-state index contributed by atoms with van der Waals surface area (Å²) in [6.07, 6.45) is -0.641. The first kappa shape index (κ1) is 19.7. The van der Waals surface area contributed by atoms with Crippen LogP contribution in [0.4, 0.5) is 10.5 Å². The van der Waals surface area contributed by atoms with Crippen molar-refractivity contribution in [3.8, 4) is 11.4 Å². The van der Waals surface area contributed by atoms with Crippen LogP contribution in [0.3, 0.4) is 0 Å². The maximum Gasteiger partial charge on any atom is 0.508 e. The zero-order valence-corrected chi connectivity index (χ0v) is 17.1. The van der Waals surface area contributed by atoms with Crippen molar-refractivity contribution >= 4 is 22.9 Å². The lowest BCUT2D eigenvalue weighted by molar-refractivity contribution is -0.00588. The zero-order valence-electron chi connectivity index (χ0n) is 17.1. The van der Waals surface area contributed by atoms with Gasteiger partial charge in [0.05, 0.1) is 17.6 Å². The van der Waals surface area contributed by atoms with Crippen LogP contribution >= 0.6 is 0 Å². The molecule has 1 heterocycles. The molecule has 6 nitrogen and oxygen atoms in total. The molecule has 0 bridgehead atoms. The highest BCUT2D eigenvalue weighted by Gasteiger charge is 2.17. The van der Waals surface area contributed by atoms with Crippen LogP contribution in [0.25, 0.3) is 22.4 Å². The molecule has 2 aromatic carbocycles. The number of aromatic nitrogens is 2. The number of para-hydroxylation sites is 2. The van der Waals surface area contributed by atoms with E-state index in [2.05, 4.69) is 22.8 Å². The summed E-state index contributed by atoms with van der Waals surface area (Å²) in [6, 6.07) is 16.3. The van der Waals surface area contributed by atoms with Gasteiger partial charge in [-0.2, -0.15) is 0 Å². The van der Waals surface area contributed by atoms with E-state index in [1.807, 2.05) is 70.1 Å². The van der Waals surface area contributed by atoms with Crippen molar-refractivity contribution in [3.63, 3.8) is 0 Å². The third-order valence-electron chi connectivity index (χ3n) is 4.39.